The van der Waals surface area contributed by atoms with E-state index in [2.05, 4.69) is 0 Å². The van der Waals surface area contributed by atoms with E-state index in [9.17, 15) is 14.0 Å². The van der Waals surface area contributed by atoms with Gasteiger partial charge >= 0.3 is 0 Å². The Kier molecular flexibility index (Phi) is 5.00. The Balaban J connectivity index is 1.53. The number of imide groups is 1. The lowest BCUT2D eigenvalue weighted by molar-refractivity contribution is -0.136. The summed E-state index contributed by atoms with van der Waals surface area (Å²) in [5.74, 6) is -1.28. The second-order valence-electron chi connectivity index (χ2n) is 8.66. The molecule has 6 rings (SSSR count). The number of nitrogens with zero attached hydrogens (tertiary/aromatic N) is 1. The third kappa shape index (κ3) is 3.60. The SMILES string of the molecule is O=C1C(c2ccc3ccccc3c2)=C(c2ccc3ccccc3c2)C(=O)N1Cc1ccccc1F. The Morgan fingerprint density at radius 2 is 1.00 bits per heavy atom. The molecule has 3 nitrogen and oxygen atoms in total. The zero-order valence-corrected chi connectivity index (χ0v) is 18.7. The minimum absolute atomic E-state index is 0.126. The molecular formula is C31H20FNO2. The van der Waals surface area contributed by atoms with Crippen LogP contribution in [0.2, 0.25) is 0 Å². The number of carbonyl (C=O) groups excluding carboxylic acids is 2. The number of hydrogen-bond acceptors (Lipinski definition) is 2. The van der Waals surface area contributed by atoms with E-state index in [0.29, 0.717) is 27.8 Å². The summed E-state index contributed by atoms with van der Waals surface area (Å²) in [5.41, 5.74) is 2.31. The fourth-order valence-corrected chi connectivity index (χ4v) is 4.74. The van der Waals surface area contributed by atoms with Crippen molar-refractivity contribution in [3.8, 4) is 0 Å². The highest BCUT2D eigenvalue weighted by molar-refractivity contribution is 6.49. The molecule has 0 spiro atoms. The Labute approximate surface area is 201 Å². The molecule has 0 saturated carbocycles. The number of benzene rings is 5. The average molecular weight is 458 g/mol. The van der Waals surface area contributed by atoms with E-state index in [-0.39, 0.29) is 6.54 Å². The van der Waals surface area contributed by atoms with E-state index in [1.54, 1.807) is 18.2 Å². The molecule has 0 aliphatic carbocycles. The third-order valence-electron chi connectivity index (χ3n) is 6.53. The lowest BCUT2D eigenvalue weighted by Gasteiger charge is -2.16. The first-order valence-electron chi connectivity index (χ1n) is 11.4. The fourth-order valence-electron chi connectivity index (χ4n) is 4.74. The van der Waals surface area contributed by atoms with Crippen LogP contribution < -0.4 is 0 Å². The Hall–Kier alpha value is -4.57. The molecule has 4 heteroatoms. The summed E-state index contributed by atoms with van der Waals surface area (Å²) >= 11 is 0. The molecule has 0 saturated heterocycles. The van der Waals surface area contributed by atoms with Crippen molar-refractivity contribution >= 4 is 44.5 Å². The van der Waals surface area contributed by atoms with Crippen LogP contribution in [0.25, 0.3) is 32.7 Å². The standard InChI is InChI=1S/C31H20FNO2/c32-27-12-6-5-11-26(27)19-33-30(34)28(24-15-13-20-7-1-3-9-22(20)17-24)29(31(33)35)25-16-14-21-8-2-4-10-23(21)18-25/h1-18H,19H2. The molecule has 5 aromatic rings. The first-order valence-corrected chi connectivity index (χ1v) is 11.4. The topological polar surface area (TPSA) is 37.4 Å². The molecule has 168 valence electrons. The highest BCUT2D eigenvalue weighted by atomic mass is 19.1. The molecule has 0 aromatic heterocycles. The molecule has 5 aromatic carbocycles. The Bertz CT molecular complexity index is 1580. The minimum Gasteiger partial charge on any atom is -0.270 e. The van der Waals surface area contributed by atoms with Crippen molar-refractivity contribution in [1.29, 1.82) is 0 Å². The van der Waals surface area contributed by atoms with Crippen LogP contribution >= 0.6 is 0 Å². The van der Waals surface area contributed by atoms with Gasteiger partial charge in [-0.2, -0.15) is 0 Å². The van der Waals surface area contributed by atoms with Gasteiger partial charge in [0.05, 0.1) is 17.7 Å². The van der Waals surface area contributed by atoms with Crippen molar-refractivity contribution in [1.82, 2.24) is 4.90 Å². The molecule has 0 radical (unpaired) electrons. The van der Waals surface area contributed by atoms with Crippen LogP contribution in [0, 0.1) is 5.82 Å². The van der Waals surface area contributed by atoms with Crippen molar-refractivity contribution in [2.24, 2.45) is 0 Å². The largest absolute Gasteiger partial charge is 0.270 e. The van der Waals surface area contributed by atoms with Gasteiger partial charge in [-0.15, -0.1) is 0 Å². The maximum absolute atomic E-state index is 14.4. The zero-order valence-electron chi connectivity index (χ0n) is 18.7. The minimum atomic E-state index is -0.445. The molecule has 0 bridgehead atoms. The van der Waals surface area contributed by atoms with Gasteiger partial charge in [-0.3, -0.25) is 14.5 Å². The van der Waals surface area contributed by atoms with Gasteiger partial charge in [0.2, 0.25) is 0 Å². The fraction of sp³-hybridized carbons (Fsp3) is 0.0323. The number of fused-ring (bicyclic) bond motifs is 2. The highest BCUT2D eigenvalue weighted by Gasteiger charge is 2.39. The Morgan fingerprint density at radius 3 is 1.51 bits per heavy atom. The second kappa shape index (κ2) is 8.33. The molecule has 0 atom stereocenters. The van der Waals surface area contributed by atoms with E-state index in [1.807, 2.05) is 84.9 Å². The smallest absolute Gasteiger partial charge is 0.262 e. The molecule has 0 N–H and O–H groups in total. The van der Waals surface area contributed by atoms with Gasteiger partial charge in [0.15, 0.2) is 0 Å². The van der Waals surface area contributed by atoms with Crippen molar-refractivity contribution in [3.63, 3.8) is 0 Å². The number of carbonyl (C=O) groups is 2. The number of amides is 2. The van der Waals surface area contributed by atoms with Gasteiger partial charge in [-0.05, 0) is 50.9 Å². The van der Waals surface area contributed by atoms with Crippen LogP contribution in [0.5, 0.6) is 0 Å². The molecule has 1 heterocycles. The van der Waals surface area contributed by atoms with Gasteiger partial charge in [0.1, 0.15) is 5.82 Å². The summed E-state index contributed by atoms with van der Waals surface area (Å²) in [6.07, 6.45) is 0. The van der Waals surface area contributed by atoms with Gasteiger partial charge in [-0.25, -0.2) is 4.39 Å². The van der Waals surface area contributed by atoms with E-state index < -0.39 is 17.6 Å². The van der Waals surface area contributed by atoms with Crippen molar-refractivity contribution in [2.45, 2.75) is 6.54 Å². The number of rotatable bonds is 4. The predicted molar refractivity (Wildman–Crippen MR) is 137 cm³/mol. The summed E-state index contributed by atoms with van der Waals surface area (Å²) < 4.78 is 14.4. The first-order chi connectivity index (χ1) is 17.1. The summed E-state index contributed by atoms with van der Waals surface area (Å²) in [4.78, 5) is 28.6. The molecule has 0 fully saturated rings. The lowest BCUT2D eigenvalue weighted by atomic mass is 9.93. The molecule has 0 unspecified atom stereocenters. The van der Waals surface area contributed by atoms with E-state index in [0.717, 1.165) is 26.4 Å². The van der Waals surface area contributed by atoms with Gasteiger partial charge in [0.25, 0.3) is 11.8 Å². The van der Waals surface area contributed by atoms with Gasteiger partial charge in [0, 0.05) is 5.56 Å². The Morgan fingerprint density at radius 1 is 0.543 bits per heavy atom. The van der Waals surface area contributed by atoms with E-state index >= 15 is 0 Å². The maximum Gasteiger partial charge on any atom is 0.262 e. The predicted octanol–water partition coefficient (Wildman–Crippen LogP) is 6.61. The molecular weight excluding hydrogens is 437 g/mol. The van der Waals surface area contributed by atoms with Crippen LogP contribution in [-0.4, -0.2) is 16.7 Å². The summed E-state index contributed by atoms with van der Waals surface area (Å²) in [5, 5.41) is 4.04. The summed E-state index contributed by atoms with van der Waals surface area (Å²) in [6, 6.07) is 33.5. The van der Waals surface area contributed by atoms with Crippen LogP contribution in [0.15, 0.2) is 109 Å². The zero-order chi connectivity index (χ0) is 23.9. The van der Waals surface area contributed by atoms with E-state index in [4.69, 9.17) is 0 Å². The van der Waals surface area contributed by atoms with Crippen LogP contribution in [0.1, 0.15) is 16.7 Å². The summed E-state index contributed by atoms with van der Waals surface area (Å²) in [7, 11) is 0. The number of hydrogen-bond donors (Lipinski definition) is 0. The third-order valence-corrected chi connectivity index (χ3v) is 6.53. The first kappa shape index (κ1) is 21.0. The number of halogens is 1. The molecule has 2 amide bonds. The van der Waals surface area contributed by atoms with Crippen LogP contribution in [-0.2, 0) is 16.1 Å². The van der Waals surface area contributed by atoms with E-state index in [1.165, 1.54) is 6.07 Å². The van der Waals surface area contributed by atoms with Crippen molar-refractivity contribution in [3.05, 3.63) is 132 Å². The average Bonchev–Trinajstić information content (AvgIpc) is 3.14. The maximum atomic E-state index is 14.4. The quantitative estimate of drug-likeness (QED) is 0.285. The van der Waals surface area contributed by atoms with Gasteiger partial charge < -0.3 is 0 Å². The second-order valence-corrected chi connectivity index (χ2v) is 8.66. The normalized spacial score (nSPS) is 13.9. The monoisotopic (exact) mass is 457 g/mol. The van der Waals surface area contributed by atoms with Gasteiger partial charge in [-0.1, -0.05) is 91.0 Å². The molecule has 1 aliphatic rings. The lowest BCUT2D eigenvalue weighted by Crippen LogP contribution is -2.31. The van der Waals surface area contributed by atoms with Crippen LogP contribution in [0.3, 0.4) is 0 Å². The molecule has 1 aliphatic heterocycles. The van der Waals surface area contributed by atoms with Crippen molar-refractivity contribution < 1.29 is 14.0 Å². The summed E-state index contributed by atoms with van der Waals surface area (Å²) in [6.45, 7) is -0.126. The van der Waals surface area contributed by atoms with Crippen LogP contribution in [0.4, 0.5) is 4.39 Å². The molecule has 35 heavy (non-hydrogen) atoms. The van der Waals surface area contributed by atoms with Crippen molar-refractivity contribution in [2.75, 3.05) is 0 Å². The highest BCUT2D eigenvalue weighted by Crippen LogP contribution is 2.38.